The smallest absolute Gasteiger partial charge is 0.416 e. The van der Waals surface area contributed by atoms with Crippen molar-refractivity contribution in [1.29, 1.82) is 0 Å². The van der Waals surface area contributed by atoms with Gasteiger partial charge >= 0.3 is 6.18 Å². The van der Waals surface area contributed by atoms with Crippen LogP contribution in [-0.2, 0) is 31.7 Å². The first-order valence-electron chi connectivity index (χ1n) is 8.73. The van der Waals surface area contributed by atoms with Crippen LogP contribution in [0.5, 0.6) is 5.75 Å². The minimum atomic E-state index is -4.72. The maximum Gasteiger partial charge on any atom is 0.416 e. The van der Waals surface area contributed by atoms with E-state index in [2.05, 4.69) is 0 Å². The van der Waals surface area contributed by atoms with E-state index < -0.39 is 54.1 Å². The van der Waals surface area contributed by atoms with Crippen LogP contribution in [0.25, 0.3) is 0 Å². The van der Waals surface area contributed by atoms with Gasteiger partial charge in [0.1, 0.15) is 17.6 Å². The summed E-state index contributed by atoms with van der Waals surface area (Å²) in [6.45, 7) is 1.42. The van der Waals surface area contributed by atoms with Gasteiger partial charge in [-0.3, -0.25) is 4.31 Å². The van der Waals surface area contributed by atoms with Crippen molar-refractivity contribution in [2.24, 2.45) is 0 Å². The highest BCUT2D eigenvalue weighted by atomic mass is 35.7. The third kappa shape index (κ3) is 4.84. The Hall–Kier alpha value is -1.98. The number of fused-ring (bicyclic) bond motifs is 1. The van der Waals surface area contributed by atoms with E-state index in [1.54, 1.807) is 12.1 Å². The fourth-order valence-corrected chi connectivity index (χ4v) is 5.66. The monoisotopic (exact) mass is 483 g/mol. The minimum absolute atomic E-state index is 0.0966. The number of alkyl halides is 3. The van der Waals surface area contributed by atoms with Gasteiger partial charge in [-0.05, 0) is 42.3 Å². The number of sulfonamides is 1. The number of benzene rings is 2. The predicted octanol–water partition coefficient (Wildman–Crippen LogP) is 3.79. The second-order valence-corrected chi connectivity index (χ2v) is 11.3. The molecule has 3 rings (SSSR count). The summed E-state index contributed by atoms with van der Waals surface area (Å²) in [6, 6.07) is 8.09. The fourth-order valence-electron chi connectivity index (χ4n) is 3.07. The van der Waals surface area contributed by atoms with Gasteiger partial charge in [0.25, 0.3) is 10.0 Å². The van der Waals surface area contributed by atoms with Gasteiger partial charge in [-0.1, -0.05) is 19.1 Å². The van der Waals surface area contributed by atoms with Crippen LogP contribution in [0.3, 0.4) is 0 Å². The van der Waals surface area contributed by atoms with Crippen LogP contribution in [0, 0.1) is 0 Å². The molecule has 0 spiro atoms. The zero-order valence-corrected chi connectivity index (χ0v) is 17.9. The number of anilines is 1. The second kappa shape index (κ2) is 7.93. The molecule has 0 fully saturated rings. The van der Waals surface area contributed by atoms with Crippen molar-refractivity contribution in [2.75, 3.05) is 16.6 Å². The third-order valence-corrected chi connectivity index (χ3v) is 7.42. The second-order valence-electron chi connectivity index (χ2n) is 6.66. The molecule has 30 heavy (non-hydrogen) atoms. The third-order valence-electron chi connectivity index (χ3n) is 4.50. The van der Waals surface area contributed by atoms with Gasteiger partial charge in [0, 0.05) is 10.7 Å². The Labute approximate surface area is 176 Å². The van der Waals surface area contributed by atoms with Crippen LogP contribution in [0.1, 0.15) is 18.1 Å². The van der Waals surface area contributed by atoms with E-state index in [1.165, 1.54) is 6.07 Å². The SMILES string of the molecule is CCc1ccc2c(c1)N(S(=O)(=O)c1cccc(C(F)(F)F)c1)C[C@H](CS(=O)(=O)Cl)O2. The molecule has 164 valence electrons. The number of rotatable bonds is 5. The Morgan fingerprint density at radius 3 is 2.43 bits per heavy atom. The number of nitrogens with zero attached hydrogens (tertiary/aromatic N) is 1. The predicted molar refractivity (Wildman–Crippen MR) is 106 cm³/mol. The average molecular weight is 484 g/mol. The van der Waals surface area contributed by atoms with Crippen molar-refractivity contribution in [2.45, 2.75) is 30.5 Å². The summed E-state index contributed by atoms with van der Waals surface area (Å²) in [4.78, 5) is -0.570. The fraction of sp³-hybridized carbons (Fsp3) is 0.333. The molecular weight excluding hydrogens is 467 g/mol. The van der Waals surface area contributed by atoms with Crippen molar-refractivity contribution >= 4 is 35.4 Å². The molecule has 0 aliphatic carbocycles. The molecule has 0 bridgehead atoms. The molecule has 2 aromatic rings. The van der Waals surface area contributed by atoms with Gasteiger partial charge in [0.15, 0.2) is 0 Å². The van der Waals surface area contributed by atoms with Crippen LogP contribution < -0.4 is 9.04 Å². The van der Waals surface area contributed by atoms with E-state index in [0.29, 0.717) is 12.5 Å². The van der Waals surface area contributed by atoms with E-state index >= 15 is 0 Å². The molecule has 0 amide bonds. The zero-order chi connectivity index (χ0) is 22.3. The standard InChI is InChI=1S/C18H17ClF3NO5S2/c1-2-12-6-7-17-16(8-12)23(10-14(28-17)11-29(19,24)25)30(26,27)15-5-3-4-13(9-15)18(20,21)22/h3-9,14H,2,10-11H2,1H3/t14-/m1/s1. The van der Waals surface area contributed by atoms with Gasteiger partial charge < -0.3 is 4.74 Å². The summed E-state index contributed by atoms with van der Waals surface area (Å²) in [6.07, 6.45) is -5.28. The first-order chi connectivity index (χ1) is 13.8. The van der Waals surface area contributed by atoms with Crippen molar-refractivity contribution in [3.05, 3.63) is 53.6 Å². The molecule has 1 heterocycles. The molecule has 0 aromatic heterocycles. The number of ether oxygens (including phenoxy) is 1. The van der Waals surface area contributed by atoms with Crippen LogP contribution in [0.2, 0.25) is 0 Å². The molecule has 0 radical (unpaired) electrons. The minimum Gasteiger partial charge on any atom is -0.485 e. The van der Waals surface area contributed by atoms with Crippen LogP contribution in [0.15, 0.2) is 47.4 Å². The Balaban J connectivity index is 2.12. The molecule has 1 aliphatic rings. The normalized spacial score (nSPS) is 17.4. The van der Waals surface area contributed by atoms with Gasteiger partial charge in [0.2, 0.25) is 9.05 Å². The number of hydrogen-bond donors (Lipinski definition) is 0. The lowest BCUT2D eigenvalue weighted by Gasteiger charge is -2.35. The Bertz CT molecular complexity index is 1170. The van der Waals surface area contributed by atoms with E-state index in [-0.39, 0.29) is 11.4 Å². The number of halogens is 4. The van der Waals surface area contributed by atoms with Gasteiger partial charge in [-0.25, -0.2) is 16.8 Å². The topological polar surface area (TPSA) is 80.8 Å². The molecule has 2 aromatic carbocycles. The average Bonchev–Trinajstić information content (AvgIpc) is 2.65. The van der Waals surface area contributed by atoms with Crippen molar-refractivity contribution in [3.8, 4) is 5.75 Å². The van der Waals surface area contributed by atoms with Crippen molar-refractivity contribution in [3.63, 3.8) is 0 Å². The van der Waals surface area contributed by atoms with E-state index in [9.17, 15) is 30.0 Å². The maximum absolute atomic E-state index is 13.3. The summed E-state index contributed by atoms with van der Waals surface area (Å²) >= 11 is 0. The lowest BCUT2D eigenvalue weighted by molar-refractivity contribution is -0.137. The van der Waals surface area contributed by atoms with Gasteiger partial charge in [-0.15, -0.1) is 0 Å². The summed E-state index contributed by atoms with van der Waals surface area (Å²) < 4.78 is 95.2. The van der Waals surface area contributed by atoms with Gasteiger partial charge in [0.05, 0.1) is 22.7 Å². The Morgan fingerprint density at radius 1 is 1.13 bits per heavy atom. The summed E-state index contributed by atoms with van der Waals surface area (Å²) in [7, 11) is -3.19. The Kier molecular flexibility index (Phi) is 6.00. The highest BCUT2D eigenvalue weighted by molar-refractivity contribution is 8.13. The highest BCUT2D eigenvalue weighted by Crippen LogP contribution is 2.39. The van der Waals surface area contributed by atoms with E-state index in [4.69, 9.17) is 15.4 Å². The van der Waals surface area contributed by atoms with Crippen molar-refractivity contribution < 1.29 is 34.7 Å². The molecule has 1 aliphatic heterocycles. The largest absolute Gasteiger partial charge is 0.485 e. The molecule has 1 atom stereocenters. The van der Waals surface area contributed by atoms with Crippen LogP contribution in [0.4, 0.5) is 18.9 Å². The Morgan fingerprint density at radius 2 is 1.83 bits per heavy atom. The molecule has 0 saturated heterocycles. The van der Waals surface area contributed by atoms with E-state index in [0.717, 1.165) is 28.1 Å². The summed E-state index contributed by atoms with van der Waals surface area (Å²) in [5.74, 6) is -0.572. The molecule has 6 nitrogen and oxygen atoms in total. The number of hydrogen-bond acceptors (Lipinski definition) is 5. The lowest BCUT2D eigenvalue weighted by Crippen LogP contribution is -2.46. The molecule has 12 heteroatoms. The van der Waals surface area contributed by atoms with Gasteiger partial charge in [-0.2, -0.15) is 13.2 Å². The molecule has 0 N–H and O–H groups in total. The van der Waals surface area contributed by atoms with Crippen LogP contribution >= 0.6 is 10.7 Å². The quantitative estimate of drug-likeness (QED) is 0.604. The summed E-state index contributed by atoms with van der Waals surface area (Å²) in [5.41, 5.74) is -0.223. The lowest BCUT2D eigenvalue weighted by atomic mass is 10.1. The van der Waals surface area contributed by atoms with Crippen LogP contribution in [-0.4, -0.2) is 35.2 Å². The first-order valence-corrected chi connectivity index (χ1v) is 12.6. The number of aryl methyl sites for hydroxylation is 1. The maximum atomic E-state index is 13.3. The van der Waals surface area contributed by atoms with E-state index in [1.807, 2.05) is 6.92 Å². The molecule has 0 saturated carbocycles. The zero-order valence-electron chi connectivity index (χ0n) is 15.6. The highest BCUT2D eigenvalue weighted by Gasteiger charge is 2.38. The molecular formula is C18H17ClF3NO5S2. The van der Waals surface area contributed by atoms with Crippen molar-refractivity contribution in [1.82, 2.24) is 0 Å². The molecule has 0 unspecified atom stereocenters. The first kappa shape index (κ1) is 22.7. The summed E-state index contributed by atoms with van der Waals surface area (Å²) in [5, 5.41) is 0.